The second kappa shape index (κ2) is 6.98. The number of benzene rings is 1. The van der Waals surface area contributed by atoms with Gasteiger partial charge in [0.15, 0.2) is 11.5 Å². The largest absolute Gasteiger partial charge is 0.493 e. The highest BCUT2D eigenvalue weighted by molar-refractivity contribution is 7.99. The second-order valence-electron chi connectivity index (χ2n) is 4.01. The van der Waals surface area contributed by atoms with Crippen molar-refractivity contribution in [2.75, 3.05) is 20.0 Å². The first-order valence-electron chi connectivity index (χ1n) is 6.00. The zero-order valence-electron chi connectivity index (χ0n) is 11.5. The standard InChI is InChI=1S/C13H14N2O5S/c1-18-9-4-3-8(5-10(9)19-2)6-11-14-15-13(20-11)21-7-12(16)17/h3-5H,6-7H2,1-2H3,(H,16,17). The van der Waals surface area contributed by atoms with Gasteiger partial charge < -0.3 is 19.0 Å². The SMILES string of the molecule is COc1ccc(Cc2nnc(SCC(=O)O)o2)cc1OC. The Labute approximate surface area is 125 Å². The van der Waals surface area contributed by atoms with E-state index in [1.807, 2.05) is 12.1 Å². The Balaban J connectivity index is 2.06. The molecule has 2 rings (SSSR count). The first-order valence-corrected chi connectivity index (χ1v) is 6.99. The Hall–Kier alpha value is -2.22. The molecule has 0 fully saturated rings. The predicted molar refractivity (Wildman–Crippen MR) is 75.0 cm³/mol. The molecule has 0 aliphatic heterocycles. The van der Waals surface area contributed by atoms with Gasteiger partial charge >= 0.3 is 5.97 Å². The van der Waals surface area contributed by atoms with Gasteiger partial charge in [0.1, 0.15) is 5.75 Å². The zero-order valence-corrected chi connectivity index (χ0v) is 12.3. The van der Waals surface area contributed by atoms with Crippen LogP contribution in [-0.4, -0.2) is 41.2 Å². The average molecular weight is 310 g/mol. The van der Waals surface area contributed by atoms with Gasteiger partial charge in [-0.05, 0) is 17.7 Å². The molecule has 0 aliphatic rings. The van der Waals surface area contributed by atoms with Crippen molar-refractivity contribution < 1.29 is 23.8 Å². The maximum absolute atomic E-state index is 10.5. The first-order chi connectivity index (χ1) is 10.1. The lowest BCUT2D eigenvalue weighted by atomic mass is 10.1. The van der Waals surface area contributed by atoms with Crippen molar-refractivity contribution in [3.05, 3.63) is 29.7 Å². The molecule has 112 valence electrons. The first kappa shape index (κ1) is 15.2. The van der Waals surface area contributed by atoms with E-state index in [4.69, 9.17) is 19.0 Å². The van der Waals surface area contributed by atoms with Crippen molar-refractivity contribution in [1.82, 2.24) is 10.2 Å². The van der Waals surface area contributed by atoms with E-state index in [1.165, 1.54) is 0 Å². The van der Waals surface area contributed by atoms with Crippen LogP contribution in [-0.2, 0) is 11.2 Å². The van der Waals surface area contributed by atoms with Crippen LogP contribution in [0.4, 0.5) is 0 Å². The monoisotopic (exact) mass is 310 g/mol. The zero-order chi connectivity index (χ0) is 15.2. The Kier molecular flexibility index (Phi) is 5.04. The minimum Gasteiger partial charge on any atom is -0.493 e. The number of hydrogen-bond donors (Lipinski definition) is 1. The molecule has 0 bridgehead atoms. The number of hydrogen-bond acceptors (Lipinski definition) is 7. The van der Waals surface area contributed by atoms with Gasteiger partial charge in [0.05, 0.1) is 20.6 Å². The van der Waals surface area contributed by atoms with Crippen LogP contribution >= 0.6 is 11.8 Å². The molecular weight excluding hydrogens is 296 g/mol. The van der Waals surface area contributed by atoms with Crippen LogP contribution in [0.25, 0.3) is 0 Å². The Bertz CT molecular complexity index is 629. The lowest BCUT2D eigenvalue weighted by molar-refractivity contribution is -0.133. The van der Waals surface area contributed by atoms with Gasteiger partial charge in [-0.2, -0.15) is 0 Å². The van der Waals surface area contributed by atoms with E-state index in [2.05, 4.69) is 10.2 Å². The number of carboxylic acids is 1. The third-order valence-electron chi connectivity index (χ3n) is 2.57. The summed E-state index contributed by atoms with van der Waals surface area (Å²) in [5.74, 6) is 0.632. The molecule has 0 saturated carbocycles. The van der Waals surface area contributed by atoms with Gasteiger partial charge in [0, 0.05) is 0 Å². The van der Waals surface area contributed by atoms with Crippen LogP contribution in [0, 0.1) is 0 Å². The van der Waals surface area contributed by atoms with Gasteiger partial charge in [-0.3, -0.25) is 4.79 Å². The predicted octanol–water partition coefficient (Wildman–Crippen LogP) is 1.85. The number of carboxylic acid groups (broad SMARTS) is 1. The summed E-state index contributed by atoms with van der Waals surface area (Å²) in [5.41, 5.74) is 0.922. The molecule has 1 aromatic heterocycles. The second-order valence-corrected chi connectivity index (χ2v) is 4.94. The maximum Gasteiger partial charge on any atom is 0.314 e. The van der Waals surface area contributed by atoms with E-state index in [1.54, 1.807) is 20.3 Å². The third-order valence-corrected chi connectivity index (χ3v) is 3.37. The van der Waals surface area contributed by atoms with E-state index in [9.17, 15) is 4.79 Å². The van der Waals surface area contributed by atoms with Crippen LogP contribution in [0.3, 0.4) is 0 Å². The number of methoxy groups -OCH3 is 2. The number of carbonyl (C=O) groups is 1. The molecule has 7 nitrogen and oxygen atoms in total. The normalized spacial score (nSPS) is 10.4. The fourth-order valence-electron chi connectivity index (χ4n) is 1.66. The molecule has 21 heavy (non-hydrogen) atoms. The van der Waals surface area contributed by atoms with Crippen molar-refractivity contribution in [1.29, 1.82) is 0 Å². The van der Waals surface area contributed by atoms with Crippen LogP contribution in [0.15, 0.2) is 27.8 Å². The van der Waals surface area contributed by atoms with Crippen molar-refractivity contribution in [3.63, 3.8) is 0 Å². The fourth-order valence-corrected chi connectivity index (χ4v) is 2.16. The molecule has 0 amide bonds. The van der Waals surface area contributed by atoms with Gasteiger partial charge in [0.2, 0.25) is 5.89 Å². The number of nitrogens with zero attached hydrogens (tertiary/aromatic N) is 2. The number of rotatable bonds is 7. The average Bonchev–Trinajstić information content (AvgIpc) is 2.92. The molecule has 1 N–H and O–H groups in total. The summed E-state index contributed by atoms with van der Waals surface area (Å²) in [6.07, 6.45) is 0.432. The van der Waals surface area contributed by atoms with E-state index >= 15 is 0 Å². The molecule has 1 aromatic carbocycles. The highest BCUT2D eigenvalue weighted by atomic mass is 32.2. The summed E-state index contributed by atoms with van der Waals surface area (Å²) in [5, 5.41) is 16.5. The molecule has 8 heteroatoms. The molecular formula is C13H14N2O5S. The van der Waals surface area contributed by atoms with Gasteiger partial charge in [-0.1, -0.05) is 17.8 Å². The minimum atomic E-state index is -0.931. The summed E-state index contributed by atoms with van der Waals surface area (Å²) < 4.78 is 15.8. The maximum atomic E-state index is 10.5. The van der Waals surface area contributed by atoms with E-state index in [0.29, 0.717) is 23.8 Å². The topological polar surface area (TPSA) is 94.7 Å². The molecule has 0 spiro atoms. The van der Waals surface area contributed by atoms with Crippen molar-refractivity contribution in [2.45, 2.75) is 11.6 Å². The van der Waals surface area contributed by atoms with E-state index in [0.717, 1.165) is 17.3 Å². The fraction of sp³-hybridized carbons (Fsp3) is 0.308. The summed E-state index contributed by atoms with van der Waals surface area (Å²) in [6.45, 7) is 0. The lowest BCUT2D eigenvalue weighted by Crippen LogP contribution is -1.97. The Morgan fingerprint density at radius 3 is 2.71 bits per heavy atom. The van der Waals surface area contributed by atoms with E-state index < -0.39 is 5.97 Å². The van der Waals surface area contributed by atoms with Crippen LogP contribution < -0.4 is 9.47 Å². The summed E-state index contributed by atoms with van der Waals surface area (Å²) in [7, 11) is 3.14. The summed E-state index contributed by atoms with van der Waals surface area (Å²) >= 11 is 0.989. The highest BCUT2D eigenvalue weighted by Crippen LogP contribution is 2.28. The quantitative estimate of drug-likeness (QED) is 0.774. The highest BCUT2D eigenvalue weighted by Gasteiger charge is 2.11. The van der Waals surface area contributed by atoms with E-state index in [-0.39, 0.29) is 11.0 Å². The summed E-state index contributed by atoms with van der Waals surface area (Å²) in [6, 6.07) is 5.49. The molecule has 1 heterocycles. The molecule has 0 radical (unpaired) electrons. The van der Waals surface area contributed by atoms with Gasteiger partial charge in [0.25, 0.3) is 5.22 Å². The number of aromatic nitrogens is 2. The lowest BCUT2D eigenvalue weighted by Gasteiger charge is -2.08. The van der Waals surface area contributed by atoms with Gasteiger partial charge in [-0.25, -0.2) is 0 Å². The molecule has 2 aromatic rings. The van der Waals surface area contributed by atoms with Crippen molar-refractivity contribution >= 4 is 17.7 Å². The number of aliphatic carboxylic acids is 1. The molecule has 0 aliphatic carbocycles. The van der Waals surface area contributed by atoms with Crippen molar-refractivity contribution in [2.24, 2.45) is 0 Å². The number of thioether (sulfide) groups is 1. The Morgan fingerprint density at radius 1 is 1.29 bits per heavy atom. The third kappa shape index (κ3) is 4.12. The van der Waals surface area contributed by atoms with Crippen LogP contribution in [0.5, 0.6) is 11.5 Å². The van der Waals surface area contributed by atoms with Crippen LogP contribution in [0.1, 0.15) is 11.5 Å². The summed E-state index contributed by atoms with van der Waals surface area (Å²) in [4.78, 5) is 10.5. The molecule has 0 atom stereocenters. The molecule has 0 unspecified atom stereocenters. The smallest absolute Gasteiger partial charge is 0.314 e. The Morgan fingerprint density at radius 2 is 2.05 bits per heavy atom. The van der Waals surface area contributed by atoms with Crippen molar-refractivity contribution in [3.8, 4) is 11.5 Å². The number of ether oxygens (including phenoxy) is 2. The molecule has 0 saturated heterocycles. The van der Waals surface area contributed by atoms with Gasteiger partial charge in [-0.15, -0.1) is 10.2 Å². The van der Waals surface area contributed by atoms with Crippen LogP contribution in [0.2, 0.25) is 0 Å². The minimum absolute atomic E-state index is 0.113.